The van der Waals surface area contributed by atoms with E-state index in [-0.39, 0.29) is 0 Å². The first-order valence-electron chi connectivity index (χ1n) is 7.61. The zero-order valence-electron chi connectivity index (χ0n) is 12.9. The van der Waals surface area contributed by atoms with Crippen LogP contribution < -0.4 is 10.2 Å². The topological polar surface area (TPSA) is 41.1 Å². The molecular formula is C15H28N4. The van der Waals surface area contributed by atoms with Gasteiger partial charge in [0.25, 0.3) is 0 Å². The van der Waals surface area contributed by atoms with Gasteiger partial charge in [0.2, 0.25) is 0 Å². The molecule has 0 bridgehead atoms. The van der Waals surface area contributed by atoms with E-state index < -0.39 is 0 Å². The first-order chi connectivity index (χ1) is 9.24. The van der Waals surface area contributed by atoms with Gasteiger partial charge in [-0.25, -0.2) is 9.97 Å². The van der Waals surface area contributed by atoms with Crippen molar-refractivity contribution in [3.05, 3.63) is 11.9 Å². The van der Waals surface area contributed by atoms with Crippen molar-refractivity contribution in [2.75, 3.05) is 29.9 Å². The average Bonchev–Trinajstić information content (AvgIpc) is 2.39. The molecule has 1 aromatic rings. The van der Waals surface area contributed by atoms with Gasteiger partial charge in [-0.05, 0) is 26.2 Å². The lowest BCUT2D eigenvalue weighted by molar-refractivity contribution is 0.724. The maximum absolute atomic E-state index is 4.72. The van der Waals surface area contributed by atoms with Gasteiger partial charge in [-0.15, -0.1) is 0 Å². The molecule has 0 saturated carbocycles. The Hall–Kier alpha value is -1.32. The molecule has 4 heteroatoms. The third-order valence-electron chi connectivity index (χ3n) is 2.90. The summed E-state index contributed by atoms with van der Waals surface area (Å²) in [6, 6.07) is 2.08. The summed E-state index contributed by atoms with van der Waals surface area (Å²) in [5.74, 6) is 2.97. The summed E-state index contributed by atoms with van der Waals surface area (Å²) in [5, 5.41) is 3.31. The van der Waals surface area contributed by atoms with E-state index in [0.717, 1.165) is 62.8 Å². The second-order valence-corrected chi connectivity index (χ2v) is 4.79. The lowest BCUT2D eigenvalue weighted by Crippen LogP contribution is -2.26. The number of nitrogens with zero attached hydrogens (tertiary/aromatic N) is 3. The number of hydrogen-bond acceptors (Lipinski definition) is 4. The van der Waals surface area contributed by atoms with Gasteiger partial charge in [0.15, 0.2) is 0 Å². The van der Waals surface area contributed by atoms with Crippen LogP contribution in [-0.4, -0.2) is 29.6 Å². The molecule has 1 heterocycles. The van der Waals surface area contributed by atoms with Gasteiger partial charge in [-0.2, -0.15) is 0 Å². The molecule has 1 N–H and O–H groups in total. The average molecular weight is 264 g/mol. The second-order valence-electron chi connectivity index (χ2n) is 4.79. The number of aryl methyl sites for hydroxylation is 1. The first kappa shape index (κ1) is 15.7. The molecule has 1 aromatic heterocycles. The summed E-state index contributed by atoms with van der Waals surface area (Å²) >= 11 is 0. The van der Waals surface area contributed by atoms with Crippen molar-refractivity contribution in [2.24, 2.45) is 0 Å². The molecule has 0 fully saturated rings. The van der Waals surface area contributed by atoms with Crippen LogP contribution in [0, 0.1) is 0 Å². The standard InChI is InChI=1S/C15H28N4/c1-5-9-13-17-14(16-8-4)12-15(18-13)19(10-6-2)11-7-3/h12H,5-11H2,1-4H3,(H,16,17,18). The van der Waals surface area contributed by atoms with Gasteiger partial charge in [-0.3, -0.25) is 0 Å². The van der Waals surface area contributed by atoms with E-state index in [4.69, 9.17) is 4.98 Å². The predicted octanol–water partition coefficient (Wildman–Crippen LogP) is 3.49. The molecule has 0 saturated heterocycles. The van der Waals surface area contributed by atoms with Crippen LogP contribution in [0.25, 0.3) is 0 Å². The third-order valence-corrected chi connectivity index (χ3v) is 2.90. The molecule has 0 aliphatic carbocycles. The van der Waals surface area contributed by atoms with E-state index in [0.29, 0.717) is 0 Å². The highest BCUT2D eigenvalue weighted by Crippen LogP contribution is 2.17. The Labute approximate surface area is 117 Å². The molecule has 0 unspecified atom stereocenters. The Morgan fingerprint density at radius 2 is 1.68 bits per heavy atom. The minimum atomic E-state index is 0.892. The lowest BCUT2D eigenvalue weighted by Gasteiger charge is -2.23. The molecule has 19 heavy (non-hydrogen) atoms. The van der Waals surface area contributed by atoms with Crippen molar-refractivity contribution in [3.8, 4) is 0 Å². The molecular weight excluding hydrogens is 236 g/mol. The highest BCUT2D eigenvalue weighted by molar-refractivity contribution is 5.49. The van der Waals surface area contributed by atoms with Crippen LogP contribution in [0.3, 0.4) is 0 Å². The minimum absolute atomic E-state index is 0.892. The Morgan fingerprint density at radius 1 is 1.00 bits per heavy atom. The molecule has 4 nitrogen and oxygen atoms in total. The molecule has 0 aliphatic rings. The van der Waals surface area contributed by atoms with Crippen molar-refractivity contribution in [2.45, 2.75) is 53.4 Å². The molecule has 0 radical (unpaired) electrons. The number of rotatable bonds is 9. The molecule has 0 aromatic carbocycles. The molecule has 0 atom stereocenters. The highest BCUT2D eigenvalue weighted by atomic mass is 15.2. The largest absolute Gasteiger partial charge is 0.370 e. The van der Waals surface area contributed by atoms with Crippen molar-refractivity contribution in [1.82, 2.24) is 9.97 Å². The monoisotopic (exact) mass is 264 g/mol. The van der Waals surface area contributed by atoms with E-state index in [1.165, 1.54) is 0 Å². The van der Waals surface area contributed by atoms with Gasteiger partial charge < -0.3 is 10.2 Å². The molecule has 0 amide bonds. The smallest absolute Gasteiger partial charge is 0.134 e. The number of nitrogens with one attached hydrogen (secondary N) is 1. The van der Waals surface area contributed by atoms with Gasteiger partial charge in [0, 0.05) is 32.1 Å². The van der Waals surface area contributed by atoms with Crippen LogP contribution in [-0.2, 0) is 6.42 Å². The maximum Gasteiger partial charge on any atom is 0.134 e. The fourth-order valence-corrected chi connectivity index (χ4v) is 2.13. The summed E-state index contributed by atoms with van der Waals surface area (Å²) in [6.07, 6.45) is 4.31. The zero-order valence-corrected chi connectivity index (χ0v) is 12.9. The summed E-state index contributed by atoms with van der Waals surface area (Å²) in [5.41, 5.74) is 0. The van der Waals surface area contributed by atoms with E-state index >= 15 is 0 Å². The highest BCUT2D eigenvalue weighted by Gasteiger charge is 2.10. The maximum atomic E-state index is 4.72. The Balaban J connectivity index is 3.00. The fraction of sp³-hybridized carbons (Fsp3) is 0.733. The molecule has 1 rings (SSSR count). The van der Waals surface area contributed by atoms with Gasteiger partial charge in [-0.1, -0.05) is 20.8 Å². The second kappa shape index (κ2) is 8.73. The Morgan fingerprint density at radius 3 is 2.21 bits per heavy atom. The van der Waals surface area contributed by atoms with Crippen LogP contribution in [0.1, 0.15) is 52.8 Å². The third kappa shape index (κ3) is 5.05. The van der Waals surface area contributed by atoms with Gasteiger partial charge >= 0.3 is 0 Å². The number of aromatic nitrogens is 2. The molecule has 108 valence electrons. The summed E-state index contributed by atoms with van der Waals surface area (Å²) < 4.78 is 0. The van der Waals surface area contributed by atoms with E-state index in [2.05, 4.69) is 49.0 Å². The Bertz CT molecular complexity index is 335. The van der Waals surface area contributed by atoms with Gasteiger partial charge in [0.05, 0.1) is 0 Å². The summed E-state index contributed by atoms with van der Waals surface area (Å²) in [4.78, 5) is 11.6. The molecule has 0 spiro atoms. The summed E-state index contributed by atoms with van der Waals surface area (Å²) in [6.45, 7) is 11.7. The first-order valence-corrected chi connectivity index (χ1v) is 7.61. The van der Waals surface area contributed by atoms with Gasteiger partial charge in [0.1, 0.15) is 17.5 Å². The van der Waals surface area contributed by atoms with E-state index in [1.807, 2.05) is 0 Å². The van der Waals surface area contributed by atoms with Crippen LogP contribution in [0.5, 0.6) is 0 Å². The lowest BCUT2D eigenvalue weighted by atomic mass is 10.3. The Kier molecular flexibility index (Phi) is 7.23. The molecule has 0 aliphatic heterocycles. The quantitative estimate of drug-likeness (QED) is 0.741. The number of anilines is 2. The fourth-order valence-electron chi connectivity index (χ4n) is 2.13. The van der Waals surface area contributed by atoms with Crippen LogP contribution in [0.15, 0.2) is 6.07 Å². The van der Waals surface area contributed by atoms with Crippen molar-refractivity contribution in [3.63, 3.8) is 0 Å². The normalized spacial score (nSPS) is 10.5. The minimum Gasteiger partial charge on any atom is -0.370 e. The van der Waals surface area contributed by atoms with Crippen LogP contribution >= 0.6 is 0 Å². The van der Waals surface area contributed by atoms with Crippen molar-refractivity contribution >= 4 is 11.6 Å². The van der Waals surface area contributed by atoms with E-state index in [1.54, 1.807) is 0 Å². The predicted molar refractivity (Wildman–Crippen MR) is 83.0 cm³/mol. The van der Waals surface area contributed by atoms with Crippen LogP contribution in [0.4, 0.5) is 11.6 Å². The van der Waals surface area contributed by atoms with Crippen LogP contribution in [0.2, 0.25) is 0 Å². The summed E-state index contributed by atoms with van der Waals surface area (Å²) in [7, 11) is 0. The zero-order chi connectivity index (χ0) is 14.1. The van der Waals surface area contributed by atoms with E-state index in [9.17, 15) is 0 Å². The SMILES string of the molecule is CCCc1nc(NCC)cc(N(CCC)CCC)n1. The van der Waals surface area contributed by atoms with Crippen molar-refractivity contribution in [1.29, 1.82) is 0 Å². The number of hydrogen-bond donors (Lipinski definition) is 1. The van der Waals surface area contributed by atoms with Crippen molar-refractivity contribution < 1.29 is 0 Å².